The molecule has 7 heteroatoms. The van der Waals surface area contributed by atoms with Crippen molar-refractivity contribution < 1.29 is 14.3 Å². The van der Waals surface area contributed by atoms with E-state index in [2.05, 4.69) is 10.2 Å². The number of urea groups is 1. The van der Waals surface area contributed by atoms with Crippen LogP contribution in [0.4, 0.5) is 9.59 Å². The second-order valence-electron chi connectivity index (χ2n) is 1.73. The van der Waals surface area contributed by atoms with Crippen LogP contribution in [0.2, 0.25) is 0 Å². The molecule has 0 aliphatic carbocycles. The monoisotopic (exact) mass is 177 g/mol. The highest BCUT2D eigenvalue weighted by Crippen LogP contribution is 1.83. The minimum absolute atomic E-state index is 0.276. The Hall–Kier alpha value is -1.24. The number of nitrogens with two attached hydrogens (primary N) is 1. The number of amides is 3. The zero-order chi connectivity index (χ0) is 8.85. The molecular formula is C4H11N3O3Si. The molecule has 3 amide bonds. The number of carbonyl (C=O) groups is 2. The molecule has 0 aromatic heterocycles. The molecule has 64 valence electrons. The van der Waals surface area contributed by atoms with Crippen LogP contribution in [0.1, 0.15) is 6.92 Å². The molecule has 0 unspecified atom stereocenters. The maximum atomic E-state index is 10.7. The fourth-order valence-electron chi connectivity index (χ4n) is 0.431. The Morgan fingerprint density at radius 2 is 2.27 bits per heavy atom. The van der Waals surface area contributed by atoms with Gasteiger partial charge in [0.05, 0.1) is 6.61 Å². The summed E-state index contributed by atoms with van der Waals surface area (Å²) < 4.78 is 5.56. The Kier molecular flexibility index (Phi) is 4.04. The first kappa shape index (κ1) is 9.76. The molecule has 6 nitrogen and oxygen atoms in total. The van der Waals surface area contributed by atoms with Crippen molar-refractivity contribution in [2.24, 2.45) is 5.73 Å². The minimum atomic E-state index is -0.770. The summed E-state index contributed by atoms with van der Waals surface area (Å²) in [6.07, 6.45) is -0.585. The number of ether oxygens (including phenoxy) is 1. The number of hydrazine groups is 1. The fraction of sp³-hybridized carbons (Fsp3) is 0.500. The molecule has 0 fully saturated rings. The van der Waals surface area contributed by atoms with Crippen LogP contribution in [0.5, 0.6) is 0 Å². The topological polar surface area (TPSA) is 84.7 Å². The molecule has 0 atom stereocenters. The van der Waals surface area contributed by atoms with Crippen LogP contribution < -0.4 is 11.2 Å². The van der Waals surface area contributed by atoms with Crippen molar-refractivity contribution in [2.75, 3.05) is 6.61 Å². The molecule has 0 radical (unpaired) electrons. The van der Waals surface area contributed by atoms with E-state index in [1.165, 1.54) is 0 Å². The lowest BCUT2D eigenvalue weighted by Crippen LogP contribution is -2.47. The summed E-state index contributed by atoms with van der Waals surface area (Å²) in [5, 5.41) is 0. The van der Waals surface area contributed by atoms with Crippen molar-refractivity contribution in [1.29, 1.82) is 0 Å². The molecule has 3 N–H and O–H groups in total. The molecule has 0 rings (SSSR count). The summed E-state index contributed by atoms with van der Waals surface area (Å²) in [7, 11) is 0.332. The van der Waals surface area contributed by atoms with Gasteiger partial charge in [-0.05, 0) is 6.92 Å². The number of rotatable bonds is 1. The fourth-order valence-corrected chi connectivity index (χ4v) is 0.781. The van der Waals surface area contributed by atoms with Crippen LogP contribution >= 0.6 is 0 Å². The van der Waals surface area contributed by atoms with Crippen molar-refractivity contribution in [3.8, 4) is 0 Å². The first-order valence-corrected chi connectivity index (χ1v) is 3.94. The van der Waals surface area contributed by atoms with Crippen LogP contribution in [0.3, 0.4) is 0 Å². The van der Waals surface area contributed by atoms with Crippen LogP contribution in [0, 0.1) is 0 Å². The molecule has 0 heterocycles. The highest BCUT2D eigenvalue weighted by Gasteiger charge is 2.08. The molecule has 0 aliphatic rings. The van der Waals surface area contributed by atoms with Crippen molar-refractivity contribution in [2.45, 2.75) is 6.92 Å². The van der Waals surface area contributed by atoms with E-state index in [9.17, 15) is 9.59 Å². The lowest BCUT2D eigenvalue weighted by Gasteiger charge is -2.15. The second kappa shape index (κ2) is 4.55. The van der Waals surface area contributed by atoms with Crippen molar-refractivity contribution in [3.63, 3.8) is 0 Å². The Morgan fingerprint density at radius 3 is 2.64 bits per heavy atom. The standard InChI is InChI=1S/C4H11N3O3Si/c1-2-10-4(9)7(11)6-3(5)8/h2H2,1,11H3,(H3,5,6,8). The molecular weight excluding hydrogens is 166 g/mol. The molecule has 0 aliphatic heterocycles. The van der Waals surface area contributed by atoms with Gasteiger partial charge >= 0.3 is 12.1 Å². The number of hydrogen-bond donors (Lipinski definition) is 2. The van der Waals surface area contributed by atoms with Crippen molar-refractivity contribution in [1.82, 2.24) is 10.1 Å². The Labute approximate surface area is 67.1 Å². The summed E-state index contributed by atoms with van der Waals surface area (Å²) in [5.74, 6) is 0. The van der Waals surface area contributed by atoms with Gasteiger partial charge in [-0.2, -0.15) is 0 Å². The molecule has 0 saturated carbocycles. The predicted octanol–water partition coefficient (Wildman–Crippen LogP) is -1.69. The first-order valence-electron chi connectivity index (χ1n) is 3.04. The number of carbonyl (C=O) groups excluding carboxylic acids is 2. The van der Waals surface area contributed by atoms with E-state index in [0.717, 1.165) is 4.67 Å². The van der Waals surface area contributed by atoms with Gasteiger partial charge in [0.2, 0.25) is 0 Å². The molecule has 0 bridgehead atoms. The van der Waals surface area contributed by atoms with Gasteiger partial charge in [-0.15, -0.1) is 0 Å². The zero-order valence-corrected chi connectivity index (χ0v) is 8.46. The summed E-state index contributed by atoms with van der Waals surface area (Å²) in [6.45, 7) is 1.95. The number of primary amides is 1. The van der Waals surface area contributed by atoms with E-state index in [4.69, 9.17) is 5.73 Å². The van der Waals surface area contributed by atoms with Gasteiger partial charge in [-0.25, -0.2) is 9.59 Å². The van der Waals surface area contributed by atoms with Crippen LogP contribution in [0.15, 0.2) is 0 Å². The summed E-state index contributed by atoms with van der Waals surface area (Å²) in [4.78, 5) is 20.9. The zero-order valence-electron chi connectivity index (χ0n) is 6.46. The average Bonchev–Trinajstić information content (AvgIpc) is 1.86. The van der Waals surface area contributed by atoms with E-state index in [-0.39, 0.29) is 6.61 Å². The maximum absolute atomic E-state index is 10.7. The number of nitrogens with one attached hydrogen (secondary N) is 1. The van der Waals surface area contributed by atoms with Crippen LogP contribution in [-0.2, 0) is 4.74 Å². The highest BCUT2D eigenvalue weighted by atomic mass is 28.2. The summed E-state index contributed by atoms with van der Waals surface area (Å²) in [5.41, 5.74) is 6.84. The molecule has 0 aromatic carbocycles. The second-order valence-corrected chi connectivity index (χ2v) is 2.63. The van der Waals surface area contributed by atoms with Crippen LogP contribution in [0.25, 0.3) is 0 Å². The SMILES string of the molecule is CCOC(=O)N([SiH3])NC(N)=O. The van der Waals surface area contributed by atoms with Gasteiger partial charge in [-0.3, -0.25) is 10.1 Å². The third-order valence-corrected chi connectivity index (χ3v) is 1.41. The Balaban J connectivity index is 3.73. The summed E-state index contributed by atoms with van der Waals surface area (Å²) >= 11 is 0. The predicted molar refractivity (Wildman–Crippen MR) is 41.5 cm³/mol. The van der Waals surface area contributed by atoms with Gasteiger partial charge in [-0.1, -0.05) is 0 Å². The lowest BCUT2D eigenvalue weighted by molar-refractivity contribution is 0.122. The van der Waals surface area contributed by atoms with Crippen LogP contribution in [-0.4, -0.2) is 33.8 Å². The third kappa shape index (κ3) is 4.20. The van der Waals surface area contributed by atoms with E-state index in [1.807, 2.05) is 0 Å². The van der Waals surface area contributed by atoms with E-state index in [0.29, 0.717) is 10.4 Å². The molecule has 0 saturated heterocycles. The van der Waals surface area contributed by atoms with Crippen molar-refractivity contribution >= 4 is 22.5 Å². The smallest absolute Gasteiger partial charge is 0.419 e. The Bertz CT molecular complexity index is 163. The van der Waals surface area contributed by atoms with Gasteiger partial charge in [0.1, 0.15) is 10.4 Å². The Morgan fingerprint density at radius 1 is 1.73 bits per heavy atom. The lowest BCUT2D eigenvalue weighted by atomic mass is 10.9. The first-order chi connectivity index (χ1) is 5.07. The quantitative estimate of drug-likeness (QED) is 0.370. The number of nitrogens with zero attached hydrogens (tertiary/aromatic N) is 1. The molecule has 11 heavy (non-hydrogen) atoms. The molecule has 0 aromatic rings. The van der Waals surface area contributed by atoms with E-state index >= 15 is 0 Å². The van der Waals surface area contributed by atoms with Crippen molar-refractivity contribution in [3.05, 3.63) is 0 Å². The number of hydrogen-bond acceptors (Lipinski definition) is 3. The van der Waals surface area contributed by atoms with Gasteiger partial charge < -0.3 is 10.5 Å². The van der Waals surface area contributed by atoms with Gasteiger partial charge in [0.25, 0.3) is 0 Å². The van der Waals surface area contributed by atoms with Gasteiger partial charge in [0, 0.05) is 0 Å². The summed E-state index contributed by atoms with van der Waals surface area (Å²) in [6, 6.07) is -0.770. The minimum Gasteiger partial charge on any atom is -0.449 e. The highest BCUT2D eigenvalue weighted by molar-refractivity contribution is 6.13. The molecule has 0 spiro atoms. The average molecular weight is 177 g/mol. The largest absolute Gasteiger partial charge is 0.449 e. The van der Waals surface area contributed by atoms with Gasteiger partial charge in [0.15, 0.2) is 0 Å². The third-order valence-electron chi connectivity index (χ3n) is 0.820. The normalized spacial score (nSPS) is 8.82. The van der Waals surface area contributed by atoms with E-state index in [1.54, 1.807) is 6.92 Å². The van der Waals surface area contributed by atoms with E-state index < -0.39 is 12.1 Å². The maximum Gasteiger partial charge on any atom is 0.419 e.